The third kappa shape index (κ3) is 3.91. The first-order valence-electron chi connectivity index (χ1n) is 9.00. The van der Waals surface area contributed by atoms with Crippen LogP contribution in [-0.2, 0) is 10.0 Å². The molecule has 8 heteroatoms. The molecule has 0 saturated carbocycles. The van der Waals surface area contributed by atoms with Gasteiger partial charge in [0.2, 0.25) is 10.0 Å². The van der Waals surface area contributed by atoms with E-state index < -0.39 is 20.3 Å². The minimum Gasteiger partial charge on any atom is -0.258 e. The van der Waals surface area contributed by atoms with Gasteiger partial charge in [0.25, 0.3) is 5.69 Å². The molecule has 0 N–H and O–H groups in total. The fraction of sp³-hybridized carbons (Fsp3) is 0.143. The highest BCUT2D eigenvalue weighted by Gasteiger charge is 2.37. The van der Waals surface area contributed by atoms with Crippen molar-refractivity contribution >= 4 is 27.5 Å². The monoisotopic (exact) mass is 426 g/mol. The van der Waals surface area contributed by atoms with Crippen LogP contribution in [0.4, 0.5) is 5.69 Å². The molecule has 1 fully saturated rings. The highest BCUT2D eigenvalue weighted by Crippen LogP contribution is 2.42. The third-order valence-corrected chi connectivity index (χ3v) is 8.06. The smallest absolute Gasteiger partial charge is 0.258 e. The molecule has 0 radical (unpaired) electrons. The molecule has 4 rings (SSSR count). The van der Waals surface area contributed by atoms with Gasteiger partial charge in [-0.15, -0.1) is 11.8 Å². The van der Waals surface area contributed by atoms with Crippen molar-refractivity contribution in [2.75, 3.05) is 12.3 Å². The average molecular weight is 427 g/mol. The second-order valence-corrected chi connectivity index (χ2v) is 9.66. The first-order chi connectivity index (χ1) is 14.0. The Hall–Kier alpha value is -2.68. The van der Waals surface area contributed by atoms with Gasteiger partial charge >= 0.3 is 0 Å². The molecule has 1 atom stereocenters. The lowest BCUT2D eigenvalue weighted by Gasteiger charge is -2.23. The standard InChI is InChI=1S/C21H18N2O4S2/c24-23(25)19-8-4-7-18(15-19)21-22(13-14-28-21)29(26,27)20-11-9-17(10-12-20)16-5-2-1-3-6-16/h1-12,15,21H,13-14H2/t21-/m1/s1. The predicted molar refractivity (Wildman–Crippen MR) is 114 cm³/mol. The summed E-state index contributed by atoms with van der Waals surface area (Å²) in [5.74, 6) is 0.634. The molecule has 0 amide bonds. The fourth-order valence-electron chi connectivity index (χ4n) is 3.34. The van der Waals surface area contributed by atoms with Crippen LogP contribution in [0.1, 0.15) is 10.9 Å². The quantitative estimate of drug-likeness (QED) is 0.436. The lowest BCUT2D eigenvalue weighted by Crippen LogP contribution is -2.30. The minimum atomic E-state index is -3.73. The number of benzene rings is 3. The SMILES string of the molecule is O=[N+]([O-])c1cccc([C@H]2SCCN2S(=O)(=O)c2ccc(-c3ccccc3)cc2)c1. The van der Waals surface area contributed by atoms with Gasteiger partial charge in [0.1, 0.15) is 0 Å². The van der Waals surface area contributed by atoms with E-state index in [0.717, 1.165) is 11.1 Å². The number of hydrogen-bond acceptors (Lipinski definition) is 5. The van der Waals surface area contributed by atoms with Gasteiger partial charge < -0.3 is 0 Å². The molecule has 0 unspecified atom stereocenters. The number of thioether (sulfide) groups is 1. The van der Waals surface area contributed by atoms with E-state index in [0.29, 0.717) is 17.9 Å². The summed E-state index contributed by atoms with van der Waals surface area (Å²) >= 11 is 1.47. The number of hydrogen-bond donors (Lipinski definition) is 0. The first-order valence-corrected chi connectivity index (χ1v) is 11.5. The van der Waals surface area contributed by atoms with Crippen molar-refractivity contribution in [3.8, 4) is 11.1 Å². The summed E-state index contributed by atoms with van der Waals surface area (Å²) in [5, 5.41) is 10.6. The van der Waals surface area contributed by atoms with E-state index in [-0.39, 0.29) is 10.6 Å². The highest BCUT2D eigenvalue weighted by atomic mass is 32.2. The highest BCUT2D eigenvalue weighted by molar-refractivity contribution is 8.01. The van der Waals surface area contributed by atoms with E-state index in [1.807, 2.05) is 30.3 Å². The van der Waals surface area contributed by atoms with Gasteiger partial charge in [-0.05, 0) is 28.8 Å². The molecule has 1 aliphatic heterocycles. The number of nitro groups is 1. The molecular weight excluding hydrogens is 408 g/mol. The summed E-state index contributed by atoms with van der Waals surface area (Å²) in [4.78, 5) is 10.8. The first kappa shape index (κ1) is 19.6. The van der Waals surface area contributed by atoms with Crippen molar-refractivity contribution in [2.24, 2.45) is 0 Å². The Labute approximate surface area is 173 Å². The van der Waals surface area contributed by atoms with E-state index >= 15 is 0 Å². The van der Waals surface area contributed by atoms with Crippen molar-refractivity contribution < 1.29 is 13.3 Å². The second-order valence-electron chi connectivity index (χ2n) is 6.58. The molecule has 3 aromatic carbocycles. The van der Waals surface area contributed by atoms with Crippen molar-refractivity contribution in [2.45, 2.75) is 10.3 Å². The zero-order chi connectivity index (χ0) is 20.4. The van der Waals surface area contributed by atoms with E-state index in [1.54, 1.807) is 36.4 Å². The predicted octanol–water partition coefficient (Wildman–Crippen LogP) is 4.70. The lowest BCUT2D eigenvalue weighted by molar-refractivity contribution is -0.384. The summed E-state index contributed by atoms with van der Waals surface area (Å²) in [6.07, 6.45) is 0. The summed E-state index contributed by atoms with van der Waals surface area (Å²) in [6.45, 7) is 0.362. The maximum absolute atomic E-state index is 13.3. The molecule has 29 heavy (non-hydrogen) atoms. The zero-order valence-electron chi connectivity index (χ0n) is 15.3. The van der Waals surface area contributed by atoms with Crippen LogP contribution in [0.15, 0.2) is 83.8 Å². The maximum Gasteiger partial charge on any atom is 0.269 e. The van der Waals surface area contributed by atoms with Crippen molar-refractivity contribution in [1.82, 2.24) is 4.31 Å². The van der Waals surface area contributed by atoms with E-state index in [1.165, 1.54) is 28.2 Å². The van der Waals surface area contributed by atoms with Gasteiger partial charge in [-0.1, -0.05) is 54.6 Å². The Morgan fingerprint density at radius 2 is 1.62 bits per heavy atom. The van der Waals surface area contributed by atoms with Crippen molar-refractivity contribution in [1.29, 1.82) is 0 Å². The fourth-order valence-corrected chi connectivity index (χ4v) is 6.57. The molecule has 1 heterocycles. The van der Waals surface area contributed by atoms with Gasteiger partial charge in [0, 0.05) is 24.4 Å². The Morgan fingerprint density at radius 3 is 2.31 bits per heavy atom. The molecule has 0 aromatic heterocycles. The van der Waals surface area contributed by atoms with Gasteiger partial charge in [-0.25, -0.2) is 8.42 Å². The minimum absolute atomic E-state index is 0.0421. The number of sulfonamides is 1. The molecule has 1 saturated heterocycles. The van der Waals surface area contributed by atoms with Crippen LogP contribution in [0.2, 0.25) is 0 Å². The second kappa shape index (κ2) is 7.98. The summed E-state index contributed by atoms with van der Waals surface area (Å²) in [5.41, 5.74) is 2.53. The van der Waals surface area contributed by atoms with Gasteiger partial charge in [-0.3, -0.25) is 10.1 Å². The molecule has 1 aliphatic rings. The van der Waals surface area contributed by atoms with E-state index in [2.05, 4.69) is 0 Å². The number of non-ortho nitro benzene ring substituents is 1. The zero-order valence-corrected chi connectivity index (χ0v) is 17.0. The van der Waals surface area contributed by atoms with Crippen LogP contribution in [0.25, 0.3) is 11.1 Å². The van der Waals surface area contributed by atoms with Crippen LogP contribution in [-0.4, -0.2) is 29.9 Å². The summed E-state index contributed by atoms with van der Waals surface area (Å²) < 4.78 is 28.0. The largest absolute Gasteiger partial charge is 0.269 e. The Bertz CT molecular complexity index is 1130. The van der Waals surface area contributed by atoms with Crippen LogP contribution in [0.3, 0.4) is 0 Å². The molecule has 0 spiro atoms. The lowest BCUT2D eigenvalue weighted by atomic mass is 10.1. The Kier molecular flexibility index (Phi) is 5.40. The van der Waals surface area contributed by atoms with Gasteiger partial charge in [-0.2, -0.15) is 4.31 Å². The Morgan fingerprint density at radius 1 is 0.931 bits per heavy atom. The average Bonchev–Trinajstić information content (AvgIpc) is 3.25. The molecule has 0 bridgehead atoms. The van der Waals surface area contributed by atoms with Crippen molar-refractivity contribution in [3.63, 3.8) is 0 Å². The number of rotatable bonds is 5. The maximum atomic E-state index is 13.3. The Balaban J connectivity index is 1.64. The van der Waals surface area contributed by atoms with Gasteiger partial charge in [0.15, 0.2) is 0 Å². The molecule has 148 valence electrons. The number of nitro benzene ring substituents is 1. The molecule has 0 aliphatic carbocycles. The van der Waals surface area contributed by atoms with Crippen LogP contribution >= 0.6 is 11.8 Å². The number of nitrogens with zero attached hydrogens (tertiary/aromatic N) is 2. The summed E-state index contributed by atoms with van der Waals surface area (Å²) in [6, 6.07) is 22.8. The van der Waals surface area contributed by atoms with Crippen molar-refractivity contribution in [3.05, 3.63) is 94.5 Å². The third-order valence-electron chi connectivity index (χ3n) is 4.78. The van der Waals surface area contributed by atoms with E-state index in [9.17, 15) is 18.5 Å². The van der Waals surface area contributed by atoms with Gasteiger partial charge in [0.05, 0.1) is 15.2 Å². The summed E-state index contributed by atoms with van der Waals surface area (Å²) in [7, 11) is -3.73. The molecular formula is C21H18N2O4S2. The topological polar surface area (TPSA) is 80.5 Å². The van der Waals surface area contributed by atoms with Crippen LogP contribution in [0, 0.1) is 10.1 Å². The molecule has 6 nitrogen and oxygen atoms in total. The van der Waals surface area contributed by atoms with E-state index in [4.69, 9.17) is 0 Å². The van der Waals surface area contributed by atoms with Crippen LogP contribution in [0.5, 0.6) is 0 Å². The molecule has 3 aromatic rings. The normalized spacial score (nSPS) is 17.3. The van der Waals surface area contributed by atoms with Crippen LogP contribution < -0.4 is 0 Å².